The van der Waals surface area contributed by atoms with Crippen LogP contribution in [0.5, 0.6) is 5.75 Å². The molecule has 0 spiro atoms. The summed E-state index contributed by atoms with van der Waals surface area (Å²) in [5, 5.41) is 24.0. The van der Waals surface area contributed by atoms with E-state index in [2.05, 4.69) is 10.1 Å². The molecule has 98 valence electrons. The second kappa shape index (κ2) is 4.77. The van der Waals surface area contributed by atoms with Crippen molar-refractivity contribution in [2.75, 3.05) is 5.73 Å². The van der Waals surface area contributed by atoms with Gasteiger partial charge in [-0.1, -0.05) is 0 Å². The van der Waals surface area contributed by atoms with E-state index < -0.39 is 4.92 Å². The minimum atomic E-state index is -0.590. The van der Waals surface area contributed by atoms with Crippen molar-refractivity contribution in [3.05, 3.63) is 45.8 Å². The van der Waals surface area contributed by atoms with Crippen LogP contribution >= 0.6 is 0 Å². The van der Waals surface area contributed by atoms with E-state index in [1.165, 1.54) is 23.0 Å². The summed E-state index contributed by atoms with van der Waals surface area (Å²) in [5.41, 5.74) is 6.47. The lowest BCUT2D eigenvalue weighted by Gasteiger charge is -1.98. The molecule has 3 N–H and O–H groups in total. The third-order valence-electron chi connectivity index (χ3n) is 2.30. The molecule has 0 unspecified atom stereocenters. The van der Waals surface area contributed by atoms with Gasteiger partial charge in [-0.2, -0.15) is 5.10 Å². The number of imidazole rings is 1. The molecular formula is C11H11N5O3. The highest BCUT2D eigenvalue weighted by Gasteiger charge is 2.08. The summed E-state index contributed by atoms with van der Waals surface area (Å²) in [6.07, 6.45) is 2.97. The van der Waals surface area contributed by atoms with Crippen molar-refractivity contribution in [1.29, 1.82) is 0 Å². The lowest BCUT2D eigenvalue weighted by Crippen LogP contribution is -1.97. The Morgan fingerprint density at radius 2 is 2.26 bits per heavy atom. The zero-order valence-electron chi connectivity index (χ0n) is 10.0. The van der Waals surface area contributed by atoms with Crippen LogP contribution in [0.3, 0.4) is 0 Å². The van der Waals surface area contributed by atoms with Crippen LogP contribution < -0.4 is 5.73 Å². The molecule has 19 heavy (non-hydrogen) atoms. The predicted molar refractivity (Wildman–Crippen MR) is 69.1 cm³/mol. The number of nitro groups is 1. The van der Waals surface area contributed by atoms with Gasteiger partial charge in [0.15, 0.2) is 0 Å². The number of aromatic hydroxyl groups is 1. The van der Waals surface area contributed by atoms with Gasteiger partial charge in [0, 0.05) is 11.6 Å². The second-order valence-corrected chi connectivity index (χ2v) is 3.87. The van der Waals surface area contributed by atoms with Gasteiger partial charge < -0.3 is 10.8 Å². The van der Waals surface area contributed by atoms with Crippen molar-refractivity contribution < 1.29 is 10.0 Å². The average Bonchev–Trinajstić information content (AvgIpc) is 2.64. The third-order valence-corrected chi connectivity index (χ3v) is 2.30. The molecule has 2 aromatic rings. The molecule has 1 aromatic carbocycles. The summed E-state index contributed by atoms with van der Waals surface area (Å²) in [7, 11) is 0. The second-order valence-electron chi connectivity index (χ2n) is 3.87. The van der Waals surface area contributed by atoms with E-state index in [-0.39, 0.29) is 17.4 Å². The van der Waals surface area contributed by atoms with Crippen LogP contribution in [0.15, 0.2) is 29.5 Å². The topological polar surface area (TPSA) is 120 Å². The van der Waals surface area contributed by atoms with Gasteiger partial charge in [0.2, 0.25) is 5.95 Å². The van der Waals surface area contributed by atoms with Crippen LogP contribution in [0.25, 0.3) is 0 Å². The zero-order chi connectivity index (χ0) is 14.0. The molecule has 0 fully saturated rings. The number of benzene rings is 1. The monoisotopic (exact) mass is 261 g/mol. The zero-order valence-corrected chi connectivity index (χ0v) is 10.0. The first-order valence-corrected chi connectivity index (χ1v) is 5.30. The number of hydrogen-bond donors (Lipinski definition) is 2. The molecule has 0 bridgehead atoms. The van der Waals surface area contributed by atoms with Crippen LogP contribution in [-0.2, 0) is 0 Å². The van der Waals surface area contributed by atoms with Crippen molar-refractivity contribution in [3.63, 3.8) is 0 Å². The molecule has 0 aliphatic rings. The summed E-state index contributed by atoms with van der Waals surface area (Å²) in [6, 6.07) is 3.72. The van der Waals surface area contributed by atoms with E-state index in [0.29, 0.717) is 11.3 Å². The van der Waals surface area contributed by atoms with Crippen molar-refractivity contribution in [2.24, 2.45) is 5.10 Å². The Kier molecular flexibility index (Phi) is 3.15. The third kappa shape index (κ3) is 2.86. The molecule has 0 aliphatic carbocycles. The summed E-state index contributed by atoms with van der Waals surface area (Å²) >= 11 is 0. The Morgan fingerprint density at radius 1 is 1.53 bits per heavy atom. The maximum absolute atomic E-state index is 10.7. The van der Waals surface area contributed by atoms with Crippen LogP contribution in [-0.4, -0.2) is 25.9 Å². The Hall–Kier alpha value is -2.90. The van der Waals surface area contributed by atoms with Gasteiger partial charge in [0.05, 0.1) is 29.1 Å². The average molecular weight is 261 g/mol. The number of non-ortho nitro benzene ring substituents is 1. The number of aromatic nitrogens is 2. The first-order chi connectivity index (χ1) is 8.95. The van der Waals surface area contributed by atoms with E-state index >= 15 is 0 Å². The predicted octanol–water partition coefficient (Wildman–Crippen LogP) is 1.27. The molecule has 0 saturated heterocycles. The van der Waals surface area contributed by atoms with E-state index in [9.17, 15) is 15.2 Å². The van der Waals surface area contributed by atoms with E-state index in [1.807, 2.05) is 0 Å². The molecule has 0 atom stereocenters. The van der Waals surface area contributed by atoms with E-state index in [4.69, 9.17) is 5.73 Å². The number of anilines is 1. The number of nitrogen functional groups attached to an aromatic ring is 1. The Labute approximate surface area is 108 Å². The molecule has 0 amide bonds. The number of aryl methyl sites for hydroxylation is 1. The van der Waals surface area contributed by atoms with Crippen molar-refractivity contribution in [2.45, 2.75) is 6.92 Å². The Morgan fingerprint density at radius 3 is 2.84 bits per heavy atom. The first kappa shape index (κ1) is 12.6. The minimum Gasteiger partial charge on any atom is -0.508 e. The van der Waals surface area contributed by atoms with Crippen LogP contribution in [0, 0.1) is 17.0 Å². The van der Waals surface area contributed by atoms with Gasteiger partial charge in [0.25, 0.3) is 5.69 Å². The summed E-state index contributed by atoms with van der Waals surface area (Å²) in [6.45, 7) is 1.77. The number of nitrogens with two attached hydrogens (primary N) is 1. The van der Waals surface area contributed by atoms with Crippen LogP contribution in [0.1, 0.15) is 11.3 Å². The van der Waals surface area contributed by atoms with Gasteiger partial charge in [-0.25, -0.2) is 9.66 Å². The van der Waals surface area contributed by atoms with Crippen molar-refractivity contribution >= 4 is 17.9 Å². The van der Waals surface area contributed by atoms with Gasteiger partial charge in [-0.05, 0) is 13.0 Å². The number of phenols is 1. The maximum Gasteiger partial charge on any atom is 0.273 e. The summed E-state index contributed by atoms with van der Waals surface area (Å²) in [5.74, 6) is 0.00818. The van der Waals surface area contributed by atoms with E-state index in [1.54, 1.807) is 13.1 Å². The van der Waals surface area contributed by atoms with Gasteiger partial charge >= 0.3 is 0 Å². The number of nitrogens with zero attached hydrogens (tertiary/aromatic N) is 4. The van der Waals surface area contributed by atoms with Crippen molar-refractivity contribution in [1.82, 2.24) is 9.66 Å². The lowest BCUT2D eigenvalue weighted by molar-refractivity contribution is -0.384. The molecule has 8 nitrogen and oxygen atoms in total. The van der Waals surface area contributed by atoms with Gasteiger partial charge in [-0.3, -0.25) is 10.1 Å². The number of phenolic OH excluding ortho intramolecular Hbond substituents is 1. The highest BCUT2D eigenvalue weighted by molar-refractivity contribution is 5.81. The molecule has 0 radical (unpaired) electrons. The molecule has 1 heterocycles. The fraction of sp³-hybridized carbons (Fsp3) is 0.0909. The van der Waals surface area contributed by atoms with Crippen molar-refractivity contribution in [3.8, 4) is 5.75 Å². The molecule has 0 saturated carbocycles. The van der Waals surface area contributed by atoms with Gasteiger partial charge in [0.1, 0.15) is 5.75 Å². The molecule has 8 heteroatoms. The lowest BCUT2D eigenvalue weighted by atomic mass is 10.2. The summed E-state index contributed by atoms with van der Waals surface area (Å²) < 4.78 is 1.34. The first-order valence-electron chi connectivity index (χ1n) is 5.30. The SMILES string of the molecule is Cc1cn(N=Cc2cc(O)cc([N+](=O)[O-])c2)c(N)n1. The quantitative estimate of drug-likeness (QED) is 0.489. The number of rotatable bonds is 3. The smallest absolute Gasteiger partial charge is 0.273 e. The Bertz CT molecular complexity index is 662. The molecular weight excluding hydrogens is 250 g/mol. The maximum atomic E-state index is 10.7. The van der Waals surface area contributed by atoms with Gasteiger partial charge in [-0.15, -0.1) is 0 Å². The molecule has 2 rings (SSSR count). The minimum absolute atomic E-state index is 0.203. The van der Waals surface area contributed by atoms with Crippen LogP contribution in [0.2, 0.25) is 0 Å². The fourth-order valence-corrected chi connectivity index (χ4v) is 1.52. The van der Waals surface area contributed by atoms with Crippen LogP contribution in [0.4, 0.5) is 11.6 Å². The molecule has 1 aromatic heterocycles. The normalized spacial score (nSPS) is 11.0. The highest BCUT2D eigenvalue weighted by Crippen LogP contribution is 2.20. The number of nitro benzene ring substituents is 1. The Balaban J connectivity index is 2.33. The largest absolute Gasteiger partial charge is 0.508 e. The highest BCUT2D eigenvalue weighted by atomic mass is 16.6. The number of hydrogen-bond acceptors (Lipinski definition) is 6. The standard InChI is InChI=1S/C11H11N5O3/c1-7-6-15(11(12)14-7)13-5-8-2-9(16(18)19)4-10(17)3-8/h2-6,17H,1H3,(H2,12,14). The summed E-state index contributed by atoms with van der Waals surface area (Å²) in [4.78, 5) is 14.0. The molecule has 0 aliphatic heterocycles. The van der Waals surface area contributed by atoms with E-state index in [0.717, 1.165) is 6.07 Å². The fourth-order valence-electron chi connectivity index (χ4n) is 1.52.